The number of likely N-dealkylation sites (tertiary alicyclic amines) is 1. The van der Waals surface area contributed by atoms with Crippen molar-refractivity contribution in [2.75, 3.05) is 25.5 Å². The lowest BCUT2D eigenvalue weighted by atomic mass is 10.2. The van der Waals surface area contributed by atoms with Gasteiger partial charge in [0.1, 0.15) is 17.6 Å². The highest BCUT2D eigenvalue weighted by atomic mass is 19.1. The fraction of sp³-hybridized carbons (Fsp3) is 0.312. The number of rotatable bonds is 4. The minimum Gasteiger partial charge on any atom is -0.439 e. The maximum Gasteiger partial charge on any atom is 0.245 e. The number of hydrogen-bond donors (Lipinski definition) is 0. The number of anilines is 1. The molecule has 1 fully saturated rings. The Morgan fingerprint density at radius 2 is 2.04 bits per heavy atom. The highest BCUT2D eigenvalue weighted by Crippen LogP contribution is 2.23. The van der Waals surface area contributed by atoms with E-state index in [2.05, 4.69) is 9.97 Å². The molecule has 3 rings (SSSR count). The first-order valence-electron chi connectivity index (χ1n) is 7.29. The Morgan fingerprint density at radius 3 is 2.70 bits per heavy atom. The lowest BCUT2D eigenvalue weighted by Crippen LogP contribution is -2.39. The van der Waals surface area contributed by atoms with Crippen LogP contribution in [0, 0.1) is 5.82 Å². The van der Waals surface area contributed by atoms with Gasteiger partial charge in [-0.2, -0.15) is 4.98 Å². The number of aromatic nitrogens is 2. The topological polar surface area (TPSA) is 58.6 Å². The van der Waals surface area contributed by atoms with Gasteiger partial charge in [0.15, 0.2) is 0 Å². The molecule has 1 saturated heterocycles. The van der Waals surface area contributed by atoms with Gasteiger partial charge in [0.05, 0.1) is 0 Å². The maximum absolute atomic E-state index is 12.9. The number of carbonyl (C=O) groups excluding carboxylic acids is 1. The van der Waals surface area contributed by atoms with Crippen LogP contribution in [0.25, 0.3) is 0 Å². The third-order valence-corrected chi connectivity index (χ3v) is 3.84. The first-order chi connectivity index (χ1) is 11.0. The van der Waals surface area contributed by atoms with E-state index in [-0.39, 0.29) is 17.8 Å². The summed E-state index contributed by atoms with van der Waals surface area (Å²) in [4.78, 5) is 24.1. The minimum atomic E-state index is -0.329. The number of amides is 1. The Hall–Kier alpha value is -2.70. The van der Waals surface area contributed by atoms with Crippen LogP contribution in [-0.4, -0.2) is 47.5 Å². The summed E-state index contributed by atoms with van der Waals surface area (Å²) in [5, 5.41) is 0. The van der Waals surface area contributed by atoms with Crippen LogP contribution >= 0.6 is 0 Å². The number of likely N-dealkylation sites (N-methyl/N-ethyl adjacent to an activating group) is 2. The molecular weight excluding hydrogens is 299 g/mol. The molecule has 23 heavy (non-hydrogen) atoms. The predicted molar refractivity (Wildman–Crippen MR) is 83.0 cm³/mol. The monoisotopic (exact) mass is 316 g/mol. The van der Waals surface area contributed by atoms with Gasteiger partial charge in [0.25, 0.3) is 0 Å². The summed E-state index contributed by atoms with van der Waals surface area (Å²) in [6.07, 6.45) is 2.30. The summed E-state index contributed by atoms with van der Waals surface area (Å²) < 4.78 is 18.5. The van der Waals surface area contributed by atoms with Gasteiger partial charge in [-0.15, -0.1) is 0 Å². The largest absolute Gasteiger partial charge is 0.439 e. The van der Waals surface area contributed by atoms with Crippen LogP contribution < -0.4 is 9.64 Å². The van der Waals surface area contributed by atoms with E-state index >= 15 is 0 Å². The normalized spacial score (nSPS) is 17.4. The van der Waals surface area contributed by atoms with Crippen molar-refractivity contribution < 1.29 is 13.9 Å². The van der Waals surface area contributed by atoms with Crippen molar-refractivity contribution >= 4 is 11.9 Å². The molecule has 0 spiro atoms. The van der Waals surface area contributed by atoms with E-state index < -0.39 is 0 Å². The lowest BCUT2D eigenvalue weighted by molar-refractivity contribution is -0.127. The highest BCUT2D eigenvalue weighted by Gasteiger charge is 2.33. The molecule has 2 heterocycles. The Balaban J connectivity index is 1.77. The molecule has 1 aromatic heterocycles. The van der Waals surface area contributed by atoms with Crippen molar-refractivity contribution in [3.63, 3.8) is 0 Å². The van der Waals surface area contributed by atoms with Crippen molar-refractivity contribution in [2.24, 2.45) is 0 Å². The van der Waals surface area contributed by atoms with Crippen molar-refractivity contribution in [3.8, 4) is 11.6 Å². The van der Waals surface area contributed by atoms with Crippen LogP contribution in [0.4, 0.5) is 10.3 Å². The molecule has 0 bridgehead atoms. The molecule has 1 aromatic carbocycles. The second-order valence-corrected chi connectivity index (χ2v) is 5.43. The molecule has 0 saturated carbocycles. The van der Waals surface area contributed by atoms with Crippen LogP contribution in [0.15, 0.2) is 36.5 Å². The van der Waals surface area contributed by atoms with E-state index in [0.29, 0.717) is 17.6 Å². The first-order valence-corrected chi connectivity index (χ1v) is 7.29. The molecule has 1 atom stereocenters. The van der Waals surface area contributed by atoms with E-state index in [0.717, 1.165) is 13.0 Å². The zero-order valence-electron chi connectivity index (χ0n) is 12.9. The molecule has 1 amide bonds. The van der Waals surface area contributed by atoms with E-state index in [9.17, 15) is 9.18 Å². The molecule has 1 aliphatic rings. The van der Waals surface area contributed by atoms with Crippen molar-refractivity contribution in [1.29, 1.82) is 0 Å². The molecule has 120 valence electrons. The maximum atomic E-state index is 12.9. The third-order valence-electron chi connectivity index (χ3n) is 3.84. The van der Waals surface area contributed by atoms with Crippen LogP contribution in [0.3, 0.4) is 0 Å². The summed E-state index contributed by atoms with van der Waals surface area (Å²) in [6, 6.07) is 7.03. The molecule has 0 N–H and O–H groups in total. The molecule has 1 aliphatic heterocycles. The van der Waals surface area contributed by atoms with Gasteiger partial charge < -0.3 is 14.5 Å². The van der Waals surface area contributed by atoms with E-state index in [1.807, 2.05) is 0 Å². The Bertz CT molecular complexity index is 707. The van der Waals surface area contributed by atoms with Gasteiger partial charge in [-0.05, 0) is 30.7 Å². The summed E-state index contributed by atoms with van der Waals surface area (Å²) in [7, 11) is 3.57. The van der Waals surface area contributed by atoms with E-state index in [1.54, 1.807) is 36.2 Å². The smallest absolute Gasteiger partial charge is 0.245 e. The van der Waals surface area contributed by atoms with Gasteiger partial charge >= 0.3 is 0 Å². The Kier molecular flexibility index (Phi) is 4.10. The fourth-order valence-corrected chi connectivity index (χ4v) is 2.49. The number of nitrogens with zero attached hydrogens (tertiary/aromatic N) is 4. The van der Waals surface area contributed by atoms with Crippen LogP contribution in [0.1, 0.15) is 6.42 Å². The van der Waals surface area contributed by atoms with Crippen LogP contribution in [-0.2, 0) is 4.79 Å². The molecular formula is C16H17FN4O2. The average molecular weight is 316 g/mol. The summed E-state index contributed by atoms with van der Waals surface area (Å²) >= 11 is 0. The Morgan fingerprint density at radius 1 is 1.30 bits per heavy atom. The second-order valence-electron chi connectivity index (χ2n) is 5.43. The quantitative estimate of drug-likeness (QED) is 0.864. The lowest BCUT2D eigenvalue weighted by Gasteiger charge is -2.23. The van der Waals surface area contributed by atoms with Crippen molar-refractivity contribution in [2.45, 2.75) is 12.5 Å². The first kappa shape index (κ1) is 15.2. The number of hydrogen-bond acceptors (Lipinski definition) is 5. The number of halogens is 1. The van der Waals surface area contributed by atoms with E-state index in [1.165, 1.54) is 24.3 Å². The van der Waals surface area contributed by atoms with E-state index in [4.69, 9.17) is 4.74 Å². The minimum absolute atomic E-state index is 0.0564. The number of ether oxygens (including phenoxy) is 1. The summed E-state index contributed by atoms with van der Waals surface area (Å²) in [5.74, 6) is 0.964. The van der Waals surface area contributed by atoms with Crippen molar-refractivity contribution in [1.82, 2.24) is 14.9 Å². The van der Waals surface area contributed by atoms with Gasteiger partial charge in [-0.25, -0.2) is 9.37 Å². The zero-order chi connectivity index (χ0) is 16.4. The highest BCUT2D eigenvalue weighted by molar-refractivity contribution is 5.86. The molecule has 0 aliphatic carbocycles. The summed E-state index contributed by atoms with van der Waals surface area (Å²) in [6.45, 7) is 0.722. The van der Waals surface area contributed by atoms with Crippen molar-refractivity contribution in [3.05, 3.63) is 42.3 Å². The van der Waals surface area contributed by atoms with Crippen LogP contribution in [0.5, 0.6) is 11.6 Å². The second kappa shape index (κ2) is 6.20. The average Bonchev–Trinajstić information content (AvgIpc) is 2.89. The van der Waals surface area contributed by atoms with Gasteiger partial charge in [-0.3, -0.25) is 4.79 Å². The third kappa shape index (κ3) is 3.23. The standard InChI is InChI=1S/C16H17FN4O2/c1-20-10-8-13(15(20)22)21(2)16-18-9-7-14(19-16)23-12-5-3-11(17)4-6-12/h3-7,9,13H,8,10H2,1-2H3/t13-/m0/s1. The van der Waals surface area contributed by atoms with Gasteiger partial charge in [0, 0.05) is 32.9 Å². The fourth-order valence-electron chi connectivity index (χ4n) is 2.49. The molecule has 6 nitrogen and oxygen atoms in total. The molecule has 7 heteroatoms. The Labute approximate surface area is 133 Å². The van der Waals surface area contributed by atoms with Gasteiger partial charge in [-0.1, -0.05) is 0 Å². The summed E-state index contributed by atoms with van der Waals surface area (Å²) in [5.41, 5.74) is 0. The van der Waals surface area contributed by atoms with Gasteiger partial charge in [0.2, 0.25) is 17.7 Å². The predicted octanol–water partition coefficient (Wildman–Crippen LogP) is 2.07. The zero-order valence-corrected chi connectivity index (χ0v) is 12.9. The molecule has 0 radical (unpaired) electrons. The number of benzene rings is 1. The molecule has 2 aromatic rings. The van der Waals surface area contributed by atoms with Crippen LogP contribution in [0.2, 0.25) is 0 Å². The number of carbonyl (C=O) groups is 1. The SMILES string of the molecule is CN1CC[C@H](N(C)c2nccc(Oc3ccc(F)cc3)n2)C1=O. The molecule has 0 unspecified atom stereocenters.